The molecule has 88 valence electrons. The zero-order valence-corrected chi connectivity index (χ0v) is 10.7. The summed E-state index contributed by atoms with van der Waals surface area (Å²) in [6, 6.07) is 0. The molecule has 0 saturated carbocycles. The van der Waals surface area contributed by atoms with Crippen LogP contribution >= 0.6 is 0 Å². The highest BCUT2D eigenvalue weighted by molar-refractivity contribution is 5.88. The molecular formula is C11H24N4. The Morgan fingerprint density at radius 2 is 1.73 bits per heavy atom. The predicted octanol–water partition coefficient (Wildman–Crippen LogP) is 1.61. The number of nitrogens with two attached hydrogens (primary N) is 1. The van der Waals surface area contributed by atoms with E-state index >= 15 is 0 Å². The minimum Gasteiger partial charge on any atom is -0.387 e. The lowest BCUT2D eigenvalue weighted by Crippen LogP contribution is -2.42. The molecule has 4 N–H and O–H groups in total. The third kappa shape index (κ3) is 3.53. The van der Waals surface area contributed by atoms with E-state index < -0.39 is 0 Å². The van der Waals surface area contributed by atoms with Crippen molar-refractivity contribution in [2.75, 3.05) is 14.1 Å². The molecule has 0 fully saturated rings. The number of aliphatic imine (C=N–C) groups is 1. The van der Waals surface area contributed by atoms with Gasteiger partial charge in [0.2, 0.25) is 0 Å². The maximum Gasteiger partial charge on any atom is 0.0990 e. The zero-order chi connectivity index (χ0) is 12.3. The van der Waals surface area contributed by atoms with Crippen LogP contribution < -0.4 is 11.1 Å². The van der Waals surface area contributed by atoms with Crippen molar-refractivity contribution in [1.82, 2.24) is 5.32 Å². The SMILES string of the molecule is CN=C(N)C(C)(C)CC(C)(C)C(=N)NC. The molecule has 0 aliphatic rings. The van der Waals surface area contributed by atoms with E-state index in [9.17, 15) is 0 Å². The van der Waals surface area contributed by atoms with Crippen molar-refractivity contribution in [2.45, 2.75) is 34.1 Å². The summed E-state index contributed by atoms with van der Waals surface area (Å²) < 4.78 is 0. The fraction of sp³-hybridized carbons (Fsp3) is 0.818. The van der Waals surface area contributed by atoms with Crippen molar-refractivity contribution in [3.8, 4) is 0 Å². The highest BCUT2D eigenvalue weighted by Gasteiger charge is 2.34. The van der Waals surface area contributed by atoms with Crippen LogP contribution in [-0.2, 0) is 0 Å². The van der Waals surface area contributed by atoms with Crippen LogP contribution in [0.4, 0.5) is 0 Å². The largest absolute Gasteiger partial charge is 0.387 e. The topological polar surface area (TPSA) is 74.3 Å². The first kappa shape index (κ1) is 13.9. The van der Waals surface area contributed by atoms with Crippen molar-refractivity contribution in [1.29, 1.82) is 5.41 Å². The average molecular weight is 212 g/mol. The van der Waals surface area contributed by atoms with Gasteiger partial charge in [-0.15, -0.1) is 0 Å². The lowest BCUT2D eigenvalue weighted by molar-refractivity contribution is 0.329. The van der Waals surface area contributed by atoms with Gasteiger partial charge in [0.25, 0.3) is 0 Å². The summed E-state index contributed by atoms with van der Waals surface area (Å²) in [5, 5.41) is 10.7. The van der Waals surface area contributed by atoms with Crippen molar-refractivity contribution >= 4 is 11.7 Å². The van der Waals surface area contributed by atoms with E-state index in [2.05, 4.69) is 24.2 Å². The zero-order valence-electron chi connectivity index (χ0n) is 10.7. The van der Waals surface area contributed by atoms with Crippen LogP contribution in [0.25, 0.3) is 0 Å². The minimum atomic E-state index is -0.215. The summed E-state index contributed by atoms with van der Waals surface area (Å²) >= 11 is 0. The molecule has 0 heterocycles. The van der Waals surface area contributed by atoms with Crippen LogP contribution in [0, 0.1) is 16.2 Å². The molecule has 0 radical (unpaired) electrons. The van der Waals surface area contributed by atoms with E-state index in [0.29, 0.717) is 11.7 Å². The van der Waals surface area contributed by atoms with Crippen LogP contribution in [0.2, 0.25) is 0 Å². The second-order valence-corrected chi connectivity index (χ2v) is 5.18. The van der Waals surface area contributed by atoms with Gasteiger partial charge in [0, 0.05) is 24.9 Å². The molecule has 15 heavy (non-hydrogen) atoms. The molecule has 0 aromatic rings. The molecule has 0 unspecified atom stereocenters. The Hall–Kier alpha value is -1.06. The summed E-state index contributed by atoms with van der Waals surface area (Å²) in [5.74, 6) is 1.17. The van der Waals surface area contributed by atoms with Gasteiger partial charge in [-0.3, -0.25) is 10.4 Å². The van der Waals surface area contributed by atoms with Gasteiger partial charge in [-0.25, -0.2) is 0 Å². The van der Waals surface area contributed by atoms with Crippen LogP contribution in [0.1, 0.15) is 34.1 Å². The molecule has 0 rings (SSSR count). The first-order valence-electron chi connectivity index (χ1n) is 5.17. The summed E-state index contributed by atoms with van der Waals surface area (Å²) in [5.41, 5.74) is 5.46. The second-order valence-electron chi connectivity index (χ2n) is 5.18. The van der Waals surface area contributed by atoms with Gasteiger partial charge < -0.3 is 11.1 Å². The molecule has 0 spiro atoms. The Bertz CT molecular complexity index is 264. The monoisotopic (exact) mass is 212 g/mol. The van der Waals surface area contributed by atoms with Gasteiger partial charge in [0.05, 0.1) is 11.7 Å². The highest BCUT2D eigenvalue weighted by atomic mass is 14.9. The lowest BCUT2D eigenvalue weighted by atomic mass is 9.73. The molecular weight excluding hydrogens is 188 g/mol. The van der Waals surface area contributed by atoms with Gasteiger partial charge in [0.15, 0.2) is 0 Å². The van der Waals surface area contributed by atoms with Crippen molar-refractivity contribution in [2.24, 2.45) is 21.6 Å². The van der Waals surface area contributed by atoms with Gasteiger partial charge in [-0.05, 0) is 6.42 Å². The Morgan fingerprint density at radius 3 is 2.07 bits per heavy atom. The summed E-state index contributed by atoms with van der Waals surface area (Å²) in [6.45, 7) is 8.19. The number of hydrogen-bond donors (Lipinski definition) is 3. The van der Waals surface area contributed by atoms with Crippen molar-refractivity contribution in [3.63, 3.8) is 0 Å². The molecule has 0 atom stereocenters. The van der Waals surface area contributed by atoms with Crippen LogP contribution in [0.15, 0.2) is 4.99 Å². The number of hydrogen-bond acceptors (Lipinski definition) is 2. The van der Waals surface area contributed by atoms with E-state index in [0.717, 1.165) is 6.42 Å². The van der Waals surface area contributed by atoms with Crippen molar-refractivity contribution in [3.05, 3.63) is 0 Å². The Balaban J connectivity index is 4.79. The van der Waals surface area contributed by atoms with Crippen LogP contribution in [0.5, 0.6) is 0 Å². The normalized spacial score (nSPS) is 13.9. The van der Waals surface area contributed by atoms with Gasteiger partial charge >= 0.3 is 0 Å². The summed E-state index contributed by atoms with van der Waals surface area (Å²) in [6.07, 6.45) is 0.794. The molecule has 0 aliphatic heterocycles. The third-order valence-electron chi connectivity index (χ3n) is 2.74. The number of nitrogens with one attached hydrogen (secondary N) is 2. The summed E-state index contributed by atoms with van der Waals surface area (Å²) in [4.78, 5) is 4.03. The third-order valence-corrected chi connectivity index (χ3v) is 2.74. The average Bonchev–Trinajstić information content (AvgIpc) is 2.13. The van der Waals surface area contributed by atoms with E-state index in [1.807, 2.05) is 13.8 Å². The Morgan fingerprint density at radius 1 is 1.27 bits per heavy atom. The molecule has 0 amide bonds. The van der Waals surface area contributed by atoms with Crippen LogP contribution in [0.3, 0.4) is 0 Å². The number of rotatable bonds is 4. The molecule has 0 aromatic carbocycles. The van der Waals surface area contributed by atoms with Gasteiger partial charge in [-0.2, -0.15) is 0 Å². The van der Waals surface area contributed by atoms with E-state index in [4.69, 9.17) is 11.1 Å². The molecule has 0 bridgehead atoms. The fourth-order valence-electron chi connectivity index (χ4n) is 1.92. The first-order chi connectivity index (χ1) is 6.67. The van der Waals surface area contributed by atoms with Crippen LogP contribution in [-0.4, -0.2) is 25.8 Å². The Labute approximate surface area is 92.9 Å². The molecule has 4 heteroatoms. The van der Waals surface area contributed by atoms with Gasteiger partial charge in [-0.1, -0.05) is 27.7 Å². The standard InChI is InChI=1S/C11H24N4/c1-10(2,8(12)14-5)7-11(3,4)9(13)15-6/h7H2,1-6H3,(H2,12,14)(H2,13,15). The minimum absolute atomic E-state index is 0.179. The fourth-order valence-corrected chi connectivity index (χ4v) is 1.92. The van der Waals surface area contributed by atoms with Gasteiger partial charge in [0.1, 0.15) is 0 Å². The maximum atomic E-state index is 7.83. The smallest absolute Gasteiger partial charge is 0.0990 e. The quantitative estimate of drug-likeness (QED) is 0.489. The first-order valence-corrected chi connectivity index (χ1v) is 5.17. The maximum absolute atomic E-state index is 7.83. The number of amidine groups is 2. The molecule has 4 nitrogen and oxygen atoms in total. The highest BCUT2D eigenvalue weighted by Crippen LogP contribution is 2.33. The lowest BCUT2D eigenvalue weighted by Gasteiger charge is -2.34. The Kier molecular flexibility index (Phi) is 4.31. The molecule has 0 aromatic heterocycles. The van der Waals surface area contributed by atoms with E-state index in [1.165, 1.54) is 0 Å². The van der Waals surface area contributed by atoms with Crippen molar-refractivity contribution < 1.29 is 0 Å². The summed E-state index contributed by atoms with van der Waals surface area (Å²) in [7, 11) is 3.47. The van der Waals surface area contributed by atoms with E-state index in [1.54, 1.807) is 14.1 Å². The predicted molar refractivity (Wildman–Crippen MR) is 66.5 cm³/mol. The number of nitrogens with zero attached hydrogens (tertiary/aromatic N) is 1. The molecule has 0 aliphatic carbocycles. The van der Waals surface area contributed by atoms with E-state index in [-0.39, 0.29) is 10.8 Å². The second kappa shape index (κ2) is 4.64. The molecule has 0 saturated heterocycles.